The summed E-state index contributed by atoms with van der Waals surface area (Å²) >= 11 is 0. The van der Waals surface area contributed by atoms with Gasteiger partial charge in [-0.3, -0.25) is 0 Å². The van der Waals surface area contributed by atoms with Crippen molar-refractivity contribution in [2.75, 3.05) is 19.0 Å². The predicted molar refractivity (Wildman–Crippen MR) is 67.2 cm³/mol. The minimum absolute atomic E-state index is 0.170. The van der Waals surface area contributed by atoms with Crippen molar-refractivity contribution in [2.24, 2.45) is 5.41 Å². The molecule has 0 spiro atoms. The third-order valence-electron chi connectivity index (χ3n) is 2.38. The number of ether oxygens (including phenoxy) is 1. The normalized spacial score (nSPS) is 11.2. The van der Waals surface area contributed by atoms with Crippen LogP contribution in [0.2, 0.25) is 0 Å². The highest BCUT2D eigenvalue weighted by atomic mass is 16.5. The molecule has 16 heavy (non-hydrogen) atoms. The first-order valence-electron chi connectivity index (χ1n) is 5.53. The Morgan fingerprint density at radius 1 is 1.31 bits per heavy atom. The Kier molecular flexibility index (Phi) is 4.05. The second-order valence-electron chi connectivity index (χ2n) is 5.12. The summed E-state index contributed by atoms with van der Waals surface area (Å²) in [5.74, 6) is 0.671. The number of nitrogens with one attached hydrogen (secondary N) is 1. The van der Waals surface area contributed by atoms with Crippen LogP contribution in [0.5, 0.6) is 11.5 Å². The number of methoxy groups -OCH3 is 1. The van der Waals surface area contributed by atoms with E-state index in [2.05, 4.69) is 26.1 Å². The Morgan fingerprint density at radius 2 is 2.00 bits per heavy atom. The summed E-state index contributed by atoms with van der Waals surface area (Å²) in [5, 5.41) is 12.9. The molecule has 0 heterocycles. The Morgan fingerprint density at radius 3 is 2.50 bits per heavy atom. The van der Waals surface area contributed by atoms with Gasteiger partial charge in [-0.1, -0.05) is 20.8 Å². The first-order valence-corrected chi connectivity index (χ1v) is 5.53. The van der Waals surface area contributed by atoms with E-state index in [0.717, 1.165) is 18.7 Å². The second kappa shape index (κ2) is 5.10. The molecule has 3 heteroatoms. The summed E-state index contributed by atoms with van der Waals surface area (Å²) in [6.45, 7) is 7.52. The van der Waals surface area contributed by atoms with Gasteiger partial charge in [0, 0.05) is 18.3 Å². The Hall–Kier alpha value is -1.38. The molecule has 1 aromatic rings. The van der Waals surface area contributed by atoms with E-state index in [0.29, 0.717) is 11.2 Å². The SMILES string of the molecule is COc1ccc(NCCC(C)(C)C)cc1O. The van der Waals surface area contributed by atoms with Gasteiger partial charge in [0.05, 0.1) is 7.11 Å². The van der Waals surface area contributed by atoms with Crippen molar-refractivity contribution in [2.45, 2.75) is 27.2 Å². The molecule has 0 bridgehead atoms. The lowest BCUT2D eigenvalue weighted by atomic mass is 9.92. The second-order valence-corrected chi connectivity index (χ2v) is 5.12. The molecule has 0 saturated heterocycles. The molecule has 0 aromatic heterocycles. The predicted octanol–water partition coefficient (Wildman–Crippen LogP) is 3.25. The fourth-order valence-corrected chi connectivity index (χ4v) is 1.38. The molecule has 1 aromatic carbocycles. The average molecular weight is 223 g/mol. The molecule has 0 saturated carbocycles. The molecule has 3 nitrogen and oxygen atoms in total. The molecule has 2 N–H and O–H groups in total. The van der Waals surface area contributed by atoms with Gasteiger partial charge in [0.1, 0.15) is 0 Å². The van der Waals surface area contributed by atoms with Crippen molar-refractivity contribution >= 4 is 5.69 Å². The van der Waals surface area contributed by atoms with E-state index >= 15 is 0 Å². The molecule has 0 amide bonds. The minimum Gasteiger partial charge on any atom is -0.504 e. The van der Waals surface area contributed by atoms with E-state index < -0.39 is 0 Å². The van der Waals surface area contributed by atoms with Gasteiger partial charge in [0.25, 0.3) is 0 Å². The Labute approximate surface area is 97.4 Å². The number of hydrogen-bond donors (Lipinski definition) is 2. The van der Waals surface area contributed by atoms with Crippen LogP contribution in [0.4, 0.5) is 5.69 Å². The smallest absolute Gasteiger partial charge is 0.160 e. The van der Waals surface area contributed by atoms with E-state index in [9.17, 15) is 5.11 Å². The lowest BCUT2D eigenvalue weighted by Crippen LogP contribution is -2.12. The highest BCUT2D eigenvalue weighted by Crippen LogP contribution is 2.28. The highest BCUT2D eigenvalue weighted by Gasteiger charge is 2.09. The van der Waals surface area contributed by atoms with Crippen molar-refractivity contribution < 1.29 is 9.84 Å². The third-order valence-corrected chi connectivity index (χ3v) is 2.38. The van der Waals surface area contributed by atoms with Crippen LogP contribution in [0, 0.1) is 5.41 Å². The molecule has 0 aliphatic heterocycles. The minimum atomic E-state index is 0.170. The van der Waals surface area contributed by atoms with Gasteiger partial charge in [0.2, 0.25) is 0 Å². The van der Waals surface area contributed by atoms with Crippen LogP contribution in [0.15, 0.2) is 18.2 Å². The zero-order valence-electron chi connectivity index (χ0n) is 10.5. The quantitative estimate of drug-likeness (QED) is 0.823. The van der Waals surface area contributed by atoms with E-state index in [-0.39, 0.29) is 5.75 Å². The summed E-state index contributed by atoms with van der Waals surface area (Å²) in [6, 6.07) is 5.34. The van der Waals surface area contributed by atoms with Crippen LogP contribution < -0.4 is 10.1 Å². The summed E-state index contributed by atoms with van der Waals surface area (Å²) in [6.07, 6.45) is 1.08. The summed E-state index contributed by atoms with van der Waals surface area (Å²) in [7, 11) is 1.54. The van der Waals surface area contributed by atoms with Gasteiger partial charge in [0.15, 0.2) is 11.5 Å². The first-order chi connectivity index (χ1) is 7.42. The van der Waals surface area contributed by atoms with Crippen LogP contribution >= 0.6 is 0 Å². The summed E-state index contributed by atoms with van der Waals surface area (Å²) < 4.78 is 4.98. The number of anilines is 1. The maximum atomic E-state index is 9.59. The van der Waals surface area contributed by atoms with Gasteiger partial charge in [-0.15, -0.1) is 0 Å². The number of phenolic OH excluding ortho intramolecular Hbond substituents is 1. The molecule has 0 unspecified atom stereocenters. The molecule has 1 rings (SSSR count). The topological polar surface area (TPSA) is 41.5 Å². The molecule has 0 aliphatic carbocycles. The standard InChI is InChI=1S/C13H21NO2/c1-13(2,3)7-8-14-10-5-6-12(16-4)11(15)9-10/h5-6,9,14-15H,7-8H2,1-4H3. The first kappa shape index (κ1) is 12.7. The lowest BCUT2D eigenvalue weighted by molar-refractivity contribution is 0.373. The molecule has 0 atom stereocenters. The third kappa shape index (κ3) is 4.01. The van der Waals surface area contributed by atoms with Gasteiger partial charge < -0.3 is 15.2 Å². The molecular formula is C13H21NO2. The van der Waals surface area contributed by atoms with Gasteiger partial charge in [-0.2, -0.15) is 0 Å². The molecule has 90 valence electrons. The maximum absolute atomic E-state index is 9.59. The van der Waals surface area contributed by atoms with Crippen molar-refractivity contribution in [3.63, 3.8) is 0 Å². The average Bonchev–Trinajstić information content (AvgIpc) is 2.16. The number of rotatable bonds is 4. The van der Waals surface area contributed by atoms with E-state index in [1.54, 1.807) is 19.2 Å². The fraction of sp³-hybridized carbons (Fsp3) is 0.538. The van der Waals surface area contributed by atoms with E-state index in [1.807, 2.05) is 6.07 Å². The summed E-state index contributed by atoms with van der Waals surface area (Å²) in [4.78, 5) is 0. The van der Waals surface area contributed by atoms with Crippen molar-refractivity contribution in [3.8, 4) is 11.5 Å². The maximum Gasteiger partial charge on any atom is 0.160 e. The Balaban J connectivity index is 2.52. The van der Waals surface area contributed by atoms with Crippen molar-refractivity contribution in [1.82, 2.24) is 0 Å². The fourth-order valence-electron chi connectivity index (χ4n) is 1.38. The van der Waals surface area contributed by atoms with Gasteiger partial charge >= 0.3 is 0 Å². The number of benzene rings is 1. The number of aromatic hydroxyl groups is 1. The number of phenols is 1. The van der Waals surface area contributed by atoms with Crippen LogP contribution in [-0.2, 0) is 0 Å². The molecular weight excluding hydrogens is 202 g/mol. The molecule has 0 fully saturated rings. The molecule has 0 radical (unpaired) electrons. The van der Waals surface area contributed by atoms with Crippen LogP contribution in [0.3, 0.4) is 0 Å². The number of hydrogen-bond acceptors (Lipinski definition) is 3. The summed E-state index contributed by atoms with van der Waals surface area (Å²) in [5.41, 5.74) is 1.24. The van der Waals surface area contributed by atoms with E-state index in [4.69, 9.17) is 4.74 Å². The largest absolute Gasteiger partial charge is 0.504 e. The highest BCUT2D eigenvalue weighted by molar-refractivity contribution is 5.54. The zero-order valence-corrected chi connectivity index (χ0v) is 10.5. The van der Waals surface area contributed by atoms with Gasteiger partial charge in [-0.25, -0.2) is 0 Å². The van der Waals surface area contributed by atoms with Gasteiger partial charge in [-0.05, 0) is 24.0 Å². The zero-order chi connectivity index (χ0) is 12.2. The van der Waals surface area contributed by atoms with Crippen LogP contribution in [0.25, 0.3) is 0 Å². The van der Waals surface area contributed by atoms with Crippen molar-refractivity contribution in [1.29, 1.82) is 0 Å². The van der Waals surface area contributed by atoms with Crippen molar-refractivity contribution in [3.05, 3.63) is 18.2 Å². The molecule has 0 aliphatic rings. The van der Waals surface area contributed by atoms with E-state index in [1.165, 1.54) is 0 Å². The Bertz CT molecular complexity index is 342. The van der Waals surface area contributed by atoms with Crippen LogP contribution in [-0.4, -0.2) is 18.8 Å². The lowest BCUT2D eigenvalue weighted by Gasteiger charge is -2.18. The monoisotopic (exact) mass is 223 g/mol. The van der Waals surface area contributed by atoms with Crippen LogP contribution in [0.1, 0.15) is 27.2 Å².